The van der Waals surface area contributed by atoms with E-state index < -0.39 is 43.4 Å². The Labute approximate surface area is 366 Å². The minimum absolute atomic E-state index is 0.0160. The smallest absolute Gasteiger partial charge is 0.355 e. The molecule has 62 heavy (non-hydrogen) atoms. The largest absolute Gasteiger partial charge is 0.464 e. The molecule has 2 unspecified atom stereocenters. The number of thiophene rings is 1. The van der Waals surface area contributed by atoms with Gasteiger partial charge in [0, 0.05) is 41.1 Å². The van der Waals surface area contributed by atoms with Crippen LogP contribution in [0, 0.1) is 5.92 Å². The first kappa shape index (κ1) is 44.0. The Bertz CT molecular complexity index is 2310. The maximum Gasteiger partial charge on any atom is 0.355 e. The van der Waals surface area contributed by atoms with Gasteiger partial charge >= 0.3 is 13.5 Å². The Morgan fingerprint density at radius 2 is 1.77 bits per heavy atom. The van der Waals surface area contributed by atoms with Crippen molar-refractivity contribution in [2.75, 3.05) is 13.2 Å². The van der Waals surface area contributed by atoms with Crippen LogP contribution in [0.15, 0.2) is 79.1 Å². The first-order chi connectivity index (χ1) is 29.9. The molecule has 4 aliphatic rings. The number of carbonyl (C=O) groups excluding carboxylic acids is 4. The number of benzene rings is 2. The van der Waals surface area contributed by atoms with Crippen molar-refractivity contribution >= 4 is 52.6 Å². The third-order valence-electron chi connectivity index (χ3n) is 13.4. The van der Waals surface area contributed by atoms with E-state index in [4.69, 9.17) is 9.26 Å². The molecule has 3 aliphatic heterocycles. The van der Waals surface area contributed by atoms with Gasteiger partial charge in [0.15, 0.2) is 0 Å². The molecule has 330 valence electrons. The van der Waals surface area contributed by atoms with Crippen LogP contribution in [0.1, 0.15) is 124 Å². The van der Waals surface area contributed by atoms with Crippen molar-refractivity contribution < 1.29 is 37.4 Å². The predicted octanol–water partition coefficient (Wildman–Crippen LogP) is 9.07. The lowest BCUT2D eigenvalue weighted by Crippen LogP contribution is -2.57. The lowest BCUT2D eigenvalue weighted by Gasteiger charge is -2.37. The van der Waals surface area contributed by atoms with Crippen molar-refractivity contribution in [1.29, 1.82) is 0 Å². The summed E-state index contributed by atoms with van der Waals surface area (Å²) in [6, 6.07) is 16.0. The molecule has 5 heterocycles. The molecule has 0 bridgehead atoms. The highest BCUT2D eigenvalue weighted by atomic mass is 32.1. The summed E-state index contributed by atoms with van der Waals surface area (Å²) in [7, 11) is -4.47. The number of rotatable bonds is 15. The quantitative estimate of drug-likeness (QED) is 0.0882. The summed E-state index contributed by atoms with van der Waals surface area (Å²) >= 11 is 1.21. The first-order valence-electron chi connectivity index (χ1n) is 22.2. The number of alkyl halides is 1. The summed E-state index contributed by atoms with van der Waals surface area (Å²) in [5.74, 6) is -2.93. The number of pyridine rings is 1. The summed E-state index contributed by atoms with van der Waals surface area (Å²) in [5.41, 5.74) is 1.02. The molecule has 7 atom stereocenters. The molecule has 1 aliphatic carbocycles. The summed E-state index contributed by atoms with van der Waals surface area (Å²) in [6.45, 7) is 6.31. The van der Waals surface area contributed by atoms with Crippen molar-refractivity contribution in [3.8, 4) is 5.75 Å². The lowest BCUT2D eigenvalue weighted by molar-refractivity contribution is -0.148. The SMILES string of the molecule is CCC(CC)COC(=O)[C@H](C)NP(=O)(Oc1ccccc1)[C@@H](F)c1ccc2sc(C(=O)NC3CCCC[C@H]4CC[C@@H](C(=O)N5C[C@@H](c6cccnc6)CC56CC6)N4C3=O)cc2c1. The molecule has 4 aromatic rings. The van der Waals surface area contributed by atoms with Crippen molar-refractivity contribution in [2.24, 2.45) is 5.92 Å². The minimum atomic E-state index is -4.47. The van der Waals surface area contributed by atoms with Crippen molar-refractivity contribution in [3.05, 3.63) is 95.1 Å². The fourth-order valence-corrected chi connectivity index (χ4v) is 12.5. The van der Waals surface area contributed by atoms with Crippen molar-refractivity contribution in [2.45, 2.75) is 133 Å². The Hall–Kier alpha value is -4.65. The monoisotopic (exact) mass is 885 g/mol. The van der Waals surface area contributed by atoms with Crippen LogP contribution in [-0.2, 0) is 23.7 Å². The molecule has 15 heteroatoms. The Morgan fingerprint density at radius 1 is 1.00 bits per heavy atom. The molecule has 3 amide bonds. The van der Waals surface area contributed by atoms with E-state index in [1.807, 2.05) is 26.1 Å². The summed E-state index contributed by atoms with van der Waals surface area (Å²) in [4.78, 5) is 64.4. The van der Waals surface area contributed by atoms with E-state index in [-0.39, 0.29) is 53.2 Å². The average molecular weight is 886 g/mol. The third kappa shape index (κ3) is 9.19. The van der Waals surface area contributed by atoms with E-state index in [2.05, 4.69) is 26.4 Å². The van der Waals surface area contributed by atoms with E-state index in [0.717, 1.165) is 63.4 Å². The maximum atomic E-state index is 16.7. The molecular weight excluding hydrogens is 829 g/mol. The number of likely N-dealkylation sites (tertiary alicyclic amines) is 1. The van der Waals surface area contributed by atoms with Gasteiger partial charge in [-0.05, 0) is 111 Å². The number of hydrogen-bond donors (Lipinski definition) is 2. The van der Waals surface area contributed by atoms with Crippen LogP contribution in [0.5, 0.6) is 5.75 Å². The van der Waals surface area contributed by atoms with Gasteiger partial charge in [-0.2, -0.15) is 0 Å². The number of aromatic nitrogens is 1. The fraction of sp³-hybridized carbons (Fsp3) is 0.511. The van der Waals surface area contributed by atoms with Gasteiger partial charge in [-0.3, -0.25) is 28.7 Å². The molecule has 0 radical (unpaired) electrons. The second kappa shape index (κ2) is 18.6. The minimum Gasteiger partial charge on any atom is -0.464 e. The number of ether oxygens (including phenoxy) is 1. The second-order valence-electron chi connectivity index (χ2n) is 17.6. The summed E-state index contributed by atoms with van der Waals surface area (Å²) < 4.78 is 43.2. The van der Waals surface area contributed by atoms with Crippen LogP contribution >= 0.6 is 18.9 Å². The van der Waals surface area contributed by atoms with E-state index >= 15 is 4.39 Å². The highest BCUT2D eigenvalue weighted by Gasteiger charge is 2.58. The van der Waals surface area contributed by atoms with Gasteiger partial charge in [-0.1, -0.05) is 69.9 Å². The summed E-state index contributed by atoms with van der Waals surface area (Å²) in [6.07, 6.45) is 12.4. The van der Waals surface area contributed by atoms with Crippen LogP contribution < -0.4 is 14.9 Å². The normalized spacial score (nSPS) is 23.9. The average Bonchev–Trinajstić information content (AvgIpc) is 3.56. The number of nitrogens with one attached hydrogen (secondary N) is 2. The number of fused-ring (bicyclic) bond motifs is 2. The highest BCUT2D eigenvalue weighted by Crippen LogP contribution is 2.58. The molecule has 1 spiro atoms. The molecule has 4 fully saturated rings. The standard InChI is InChI=1S/C47H57FN5O7PS/c1-4-31(5-2)29-59-46(57)30(3)51-61(58,60-37-14-7-6-8-15-37)42(48)32-17-20-40-34(24-32)25-41(62-40)43(54)50-38-16-10-9-13-36-18-19-39(53(36)44(38)55)45(56)52-28-35(26-47(52)21-22-47)33-12-11-23-49-27-33/h6-8,11-12,14-15,17,20,23-25,27,30-31,35-36,38-39,42H,4-5,9-10,13,16,18-19,21-22,26,28-29H2,1-3H3,(H,50,54)(H,51,58)/t30-,35-,36-,38?,39-,42+,61?/m0/s1. The molecular formula is C47H57FN5O7PS. The van der Waals surface area contributed by atoms with Crippen molar-refractivity contribution in [1.82, 2.24) is 25.2 Å². The Balaban J connectivity index is 0.970. The van der Waals surface area contributed by atoms with Gasteiger partial charge in [-0.25, -0.2) is 9.48 Å². The molecule has 2 aromatic carbocycles. The number of nitrogens with zero attached hydrogens (tertiary/aromatic N) is 3. The Morgan fingerprint density at radius 3 is 2.50 bits per heavy atom. The van der Waals surface area contributed by atoms with Gasteiger partial charge in [0.2, 0.25) is 17.7 Å². The van der Waals surface area contributed by atoms with Crippen LogP contribution in [0.2, 0.25) is 0 Å². The molecule has 2 N–H and O–H groups in total. The van der Waals surface area contributed by atoms with Gasteiger partial charge in [0.25, 0.3) is 5.91 Å². The number of para-hydroxylation sites is 1. The third-order valence-corrected chi connectivity index (χ3v) is 16.7. The number of esters is 1. The van der Waals surface area contributed by atoms with Gasteiger partial charge < -0.3 is 24.4 Å². The number of amides is 3. The lowest BCUT2D eigenvalue weighted by atomic mass is 9.97. The second-order valence-corrected chi connectivity index (χ2v) is 20.7. The van der Waals surface area contributed by atoms with E-state index in [1.54, 1.807) is 53.6 Å². The molecule has 1 saturated carbocycles. The number of carbonyl (C=O) groups is 4. The molecule has 12 nitrogen and oxygen atoms in total. The van der Waals surface area contributed by atoms with Crippen LogP contribution in [-0.4, -0.2) is 81.3 Å². The first-order valence-corrected chi connectivity index (χ1v) is 24.7. The van der Waals surface area contributed by atoms with Crippen molar-refractivity contribution in [3.63, 3.8) is 0 Å². The van der Waals surface area contributed by atoms with Gasteiger partial charge in [0.05, 0.1) is 11.5 Å². The van der Waals surface area contributed by atoms with Crippen LogP contribution in [0.4, 0.5) is 4.39 Å². The molecule has 3 saturated heterocycles. The zero-order valence-electron chi connectivity index (χ0n) is 35.7. The van der Waals surface area contributed by atoms with E-state index in [0.29, 0.717) is 34.3 Å². The maximum absolute atomic E-state index is 16.7. The van der Waals surface area contributed by atoms with E-state index in [1.165, 1.54) is 30.4 Å². The topological polar surface area (TPSA) is 147 Å². The highest BCUT2D eigenvalue weighted by molar-refractivity contribution is 7.57. The molecule has 8 rings (SSSR count). The summed E-state index contributed by atoms with van der Waals surface area (Å²) in [5, 5.41) is 6.21. The fourth-order valence-electron chi connectivity index (χ4n) is 9.61. The van der Waals surface area contributed by atoms with E-state index in [9.17, 15) is 23.7 Å². The zero-order chi connectivity index (χ0) is 43.6. The number of halogens is 1. The predicted molar refractivity (Wildman–Crippen MR) is 237 cm³/mol. The Kier molecular flexibility index (Phi) is 13.2. The van der Waals surface area contributed by atoms with Crippen LogP contribution in [0.3, 0.4) is 0 Å². The van der Waals surface area contributed by atoms with Gasteiger partial charge in [0.1, 0.15) is 23.9 Å². The molecule has 2 aromatic heterocycles. The van der Waals surface area contributed by atoms with Gasteiger partial charge in [-0.15, -0.1) is 11.3 Å². The zero-order valence-corrected chi connectivity index (χ0v) is 37.4. The van der Waals surface area contributed by atoms with Crippen LogP contribution in [0.25, 0.3) is 10.1 Å². The number of hydrogen-bond acceptors (Lipinski definition) is 9.